The molecule has 1 aromatic carbocycles. The zero-order valence-corrected chi connectivity index (χ0v) is 14.3. The smallest absolute Gasteiger partial charge is 0.161 e. The molecule has 1 aliphatic heterocycles. The zero-order valence-electron chi connectivity index (χ0n) is 11.3. The second-order valence-electron chi connectivity index (χ2n) is 5.70. The molecule has 0 saturated heterocycles. The van der Waals surface area contributed by atoms with Gasteiger partial charge < -0.3 is 5.32 Å². The first-order valence-corrected chi connectivity index (χ1v) is 8.35. The average molecular weight is 392 g/mol. The van der Waals surface area contributed by atoms with E-state index in [1.165, 1.54) is 12.1 Å². The molecule has 2 rings (SSSR count). The number of anilines is 1. The Hall–Kier alpha value is -0.300. The summed E-state index contributed by atoms with van der Waals surface area (Å²) < 4.78 is 14.0. The molecule has 2 nitrogen and oxygen atoms in total. The standard InChI is InChI=1S/C14H18FIN2S/c1-14(2,3)12-6-7-19-13(18-12)17-11-5-4-9(15)8-10(11)16/h4-5,8,12H,6-7H2,1-3H3,(H,17,18). The Morgan fingerprint density at radius 2 is 2.16 bits per heavy atom. The average Bonchev–Trinajstić information content (AvgIpc) is 2.32. The van der Waals surface area contributed by atoms with Gasteiger partial charge in [0.15, 0.2) is 5.17 Å². The highest BCUT2D eigenvalue weighted by Gasteiger charge is 2.27. The summed E-state index contributed by atoms with van der Waals surface area (Å²) in [6.45, 7) is 6.66. The van der Waals surface area contributed by atoms with Crippen LogP contribution in [-0.4, -0.2) is 17.0 Å². The van der Waals surface area contributed by atoms with Gasteiger partial charge >= 0.3 is 0 Å². The summed E-state index contributed by atoms with van der Waals surface area (Å²) >= 11 is 3.87. The molecule has 19 heavy (non-hydrogen) atoms. The van der Waals surface area contributed by atoms with Crippen molar-refractivity contribution in [3.8, 4) is 0 Å². The molecular weight excluding hydrogens is 374 g/mol. The summed E-state index contributed by atoms with van der Waals surface area (Å²) in [5, 5.41) is 4.26. The summed E-state index contributed by atoms with van der Waals surface area (Å²) in [6.07, 6.45) is 1.11. The highest BCUT2D eigenvalue weighted by molar-refractivity contribution is 14.1. The predicted molar refractivity (Wildman–Crippen MR) is 90.5 cm³/mol. The maximum Gasteiger partial charge on any atom is 0.161 e. The van der Waals surface area contributed by atoms with Crippen molar-refractivity contribution in [2.45, 2.75) is 33.2 Å². The molecule has 1 atom stereocenters. The SMILES string of the molecule is CC(C)(C)C1CCSC(Nc2ccc(F)cc2I)=N1. The van der Waals surface area contributed by atoms with Crippen LogP contribution in [0.4, 0.5) is 10.1 Å². The lowest BCUT2D eigenvalue weighted by molar-refractivity contribution is 0.316. The number of hydrogen-bond donors (Lipinski definition) is 1. The number of amidine groups is 1. The summed E-state index contributed by atoms with van der Waals surface area (Å²) in [4.78, 5) is 4.78. The van der Waals surface area contributed by atoms with E-state index in [1.807, 2.05) is 0 Å². The van der Waals surface area contributed by atoms with Gasteiger partial charge in [0.2, 0.25) is 0 Å². The van der Waals surface area contributed by atoms with Crippen LogP contribution in [0, 0.1) is 14.8 Å². The minimum Gasteiger partial charge on any atom is -0.334 e. The van der Waals surface area contributed by atoms with Crippen LogP contribution >= 0.6 is 34.4 Å². The van der Waals surface area contributed by atoms with E-state index < -0.39 is 0 Å². The van der Waals surface area contributed by atoms with E-state index >= 15 is 0 Å². The highest BCUT2D eigenvalue weighted by Crippen LogP contribution is 2.31. The van der Waals surface area contributed by atoms with Gasteiger partial charge in [0, 0.05) is 9.32 Å². The first kappa shape index (κ1) is 15.1. The van der Waals surface area contributed by atoms with Gasteiger partial charge in [-0.15, -0.1) is 0 Å². The Bertz CT molecular complexity index is 497. The molecule has 1 heterocycles. The molecule has 0 aliphatic carbocycles. The van der Waals surface area contributed by atoms with Crippen molar-refractivity contribution < 1.29 is 4.39 Å². The van der Waals surface area contributed by atoms with Gasteiger partial charge in [-0.25, -0.2) is 4.39 Å². The number of benzene rings is 1. The van der Waals surface area contributed by atoms with E-state index in [9.17, 15) is 4.39 Å². The van der Waals surface area contributed by atoms with E-state index in [0.29, 0.717) is 6.04 Å². The maximum absolute atomic E-state index is 13.1. The Morgan fingerprint density at radius 1 is 1.42 bits per heavy atom. The van der Waals surface area contributed by atoms with Crippen molar-refractivity contribution >= 4 is 45.2 Å². The summed E-state index contributed by atoms with van der Waals surface area (Å²) in [7, 11) is 0. The minimum atomic E-state index is -0.208. The Kier molecular flexibility index (Phi) is 4.76. The normalized spacial score (nSPS) is 20.1. The van der Waals surface area contributed by atoms with E-state index in [-0.39, 0.29) is 11.2 Å². The quantitative estimate of drug-likeness (QED) is 0.698. The van der Waals surface area contributed by atoms with E-state index in [1.54, 1.807) is 17.8 Å². The molecular formula is C14H18FIN2S. The molecule has 1 aromatic rings. The fourth-order valence-corrected chi connectivity index (χ4v) is 3.44. The molecule has 1 aliphatic rings. The fourth-order valence-electron chi connectivity index (χ4n) is 1.91. The van der Waals surface area contributed by atoms with Crippen molar-refractivity contribution in [2.24, 2.45) is 10.4 Å². The van der Waals surface area contributed by atoms with Crippen molar-refractivity contribution in [1.82, 2.24) is 0 Å². The second-order valence-corrected chi connectivity index (χ2v) is 7.95. The lowest BCUT2D eigenvalue weighted by atomic mass is 9.85. The van der Waals surface area contributed by atoms with Crippen LogP contribution in [0.15, 0.2) is 23.2 Å². The van der Waals surface area contributed by atoms with Crippen LogP contribution in [0.3, 0.4) is 0 Å². The van der Waals surface area contributed by atoms with Crippen LogP contribution in [0.5, 0.6) is 0 Å². The van der Waals surface area contributed by atoms with E-state index in [4.69, 9.17) is 4.99 Å². The lowest BCUT2D eigenvalue weighted by Crippen LogP contribution is -2.30. The molecule has 1 unspecified atom stereocenters. The molecule has 0 radical (unpaired) electrons. The monoisotopic (exact) mass is 392 g/mol. The largest absolute Gasteiger partial charge is 0.334 e. The third-order valence-corrected chi connectivity index (χ3v) is 4.89. The Morgan fingerprint density at radius 3 is 2.79 bits per heavy atom. The Balaban J connectivity index is 2.16. The molecule has 5 heteroatoms. The molecule has 0 saturated carbocycles. The second kappa shape index (κ2) is 5.99. The van der Waals surface area contributed by atoms with Crippen molar-refractivity contribution in [3.05, 3.63) is 27.6 Å². The molecule has 0 bridgehead atoms. The van der Waals surface area contributed by atoms with E-state index in [2.05, 4.69) is 48.7 Å². The number of halogens is 2. The highest BCUT2D eigenvalue weighted by atomic mass is 127. The minimum absolute atomic E-state index is 0.184. The number of nitrogens with one attached hydrogen (secondary N) is 1. The van der Waals surface area contributed by atoms with Crippen molar-refractivity contribution in [2.75, 3.05) is 11.1 Å². The number of rotatable bonds is 1. The molecule has 0 fully saturated rings. The zero-order chi connectivity index (χ0) is 14.0. The number of nitrogens with zero attached hydrogens (tertiary/aromatic N) is 1. The third kappa shape index (κ3) is 4.08. The summed E-state index contributed by atoms with van der Waals surface area (Å²) in [6, 6.07) is 5.10. The van der Waals surface area contributed by atoms with Crippen molar-refractivity contribution in [1.29, 1.82) is 0 Å². The van der Waals surface area contributed by atoms with Crippen LogP contribution in [0.2, 0.25) is 0 Å². The number of aliphatic imine (C=N–C) groups is 1. The van der Waals surface area contributed by atoms with E-state index in [0.717, 1.165) is 26.6 Å². The van der Waals surface area contributed by atoms with Gasteiger partial charge in [0.05, 0.1) is 11.7 Å². The molecule has 0 amide bonds. The van der Waals surface area contributed by atoms with Crippen LogP contribution in [0.25, 0.3) is 0 Å². The predicted octanol–water partition coefficient (Wildman–Crippen LogP) is 4.75. The van der Waals surface area contributed by atoms with Crippen LogP contribution in [0.1, 0.15) is 27.2 Å². The molecule has 0 spiro atoms. The first-order valence-electron chi connectivity index (χ1n) is 6.29. The summed E-state index contributed by atoms with van der Waals surface area (Å²) in [5.41, 5.74) is 1.10. The fraction of sp³-hybridized carbons (Fsp3) is 0.500. The lowest BCUT2D eigenvalue weighted by Gasteiger charge is -2.31. The van der Waals surface area contributed by atoms with Gasteiger partial charge in [0.1, 0.15) is 5.82 Å². The first-order chi connectivity index (χ1) is 8.86. The topological polar surface area (TPSA) is 24.4 Å². The van der Waals surface area contributed by atoms with Gasteiger partial charge in [0.25, 0.3) is 0 Å². The summed E-state index contributed by atoms with van der Waals surface area (Å²) in [5.74, 6) is 0.867. The molecule has 104 valence electrons. The van der Waals surface area contributed by atoms with Crippen molar-refractivity contribution in [3.63, 3.8) is 0 Å². The van der Waals surface area contributed by atoms with Gasteiger partial charge in [-0.2, -0.15) is 0 Å². The number of thioether (sulfide) groups is 1. The molecule has 1 N–H and O–H groups in total. The number of hydrogen-bond acceptors (Lipinski definition) is 3. The van der Waals surface area contributed by atoms with Gasteiger partial charge in [-0.1, -0.05) is 32.5 Å². The molecule has 0 aromatic heterocycles. The maximum atomic E-state index is 13.1. The third-order valence-electron chi connectivity index (χ3n) is 3.08. The van der Waals surface area contributed by atoms with Crippen LogP contribution in [-0.2, 0) is 0 Å². The van der Waals surface area contributed by atoms with Gasteiger partial charge in [-0.05, 0) is 52.6 Å². The Labute approximate surface area is 131 Å². The van der Waals surface area contributed by atoms with Gasteiger partial charge in [-0.3, -0.25) is 4.99 Å². The van der Waals surface area contributed by atoms with Crippen LogP contribution < -0.4 is 5.32 Å².